The average Bonchev–Trinajstić information content (AvgIpc) is 2.48. The monoisotopic (exact) mass is 297 g/mol. The van der Waals surface area contributed by atoms with Crippen molar-refractivity contribution in [2.75, 3.05) is 0 Å². The first kappa shape index (κ1) is 14.7. The molecule has 1 nitrogen and oxygen atoms in total. The number of rotatable bonds is 4. The van der Waals surface area contributed by atoms with Crippen LogP contribution in [-0.4, -0.2) is 12.1 Å². The summed E-state index contributed by atoms with van der Waals surface area (Å²) < 4.78 is 0. The van der Waals surface area contributed by atoms with Crippen LogP contribution in [0.3, 0.4) is 0 Å². The molecule has 2 aromatic rings. The molecule has 0 saturated carbocycles. The van der Waals surface area contributed by atoms with Gasteiger partial charge < -0.3 is 5.32 Å². The van der Waals surface area contributed by atoms with Gasteiger partial charge >= 0.3 is 0 Å². The van der Waals surface area contributed by atoms with Crippen molar-refractivity contribution in [3.8, 4) is 0 Å². The van der Waals surface area contributed by atoms with Gasteiger partial charge in [0.1, 0.15) is 0 Å². The number of fused-ring (bicyclic) bond motifs is 1. The van der Waals surface area contributed by atoms with Crippen LogP contribution in [0.2, 0.25) is 0 Å². The molecule has 2 heteroatoms. The Kier molecular flexibility index (Phi) is 4.67. The predicted octanol–water partition coefficient (Wildman–Crippen LogP) is 4.69. The fourth-order valence-electron chi connectivity index (χ4n) is 3.08. The molecule has 1 aliphatic rings. The van der Waals surface area contributed by atoms with Gasteiger partial charge in [0.15, 0.2) is 0 Å². The van der Waals surface area contributed by atoms with Crippen LogP contribution in [-0.2, 0) is 12.8 Å². The van der Waals surface area contributed by atoms with Gasteiger partial charge in [0, 0.05) is 21.9 Å². The Bertz CT molecular complexity index is 592. The molecule has 0 amide bonds. The lowest BCUT2D eigenvalue weighted by atomic mass is 9.88. The zero-order chi connectivity index (χ0) is 14.7. The van der Waals surface area contributed by atoms with Gasteiger partial charge in [0.25, 0.3) is 0 Å². The summed E-state index contributed by atoms with van der Waals surface area (Å²) in [6, 6.07) is 18.6. The number of hydrogen-bond acceptors (Lipinski definition) is 2. The molecule has 1 aliphatic carbocycles. The van der Waals surface area contributed by atoms with Crippen molar-refractivity contribution in [3.63, 3.8) is 0 Å². The third kappa shape index (κ3) is 3.69. The highest BCUT2D eigenvalue weighted by atomic mass is 32.2. The smallest absolute Gasteiger partial charge is 0.0157 e. The summed E-state index contributed by atoms with van der Waals surface area (Å²) >= 11 is 1.90. The van der Waals surface area contributed by atoms with Crippen LogP contribution < -0.4 is 5.32 Å². The summed E-state index contributed by atoms with van der Waals surface area (Å²) in [6.45, 7) is 4.47. The SMILES string of the molecule is CC(C)NC1CCc2cccc(Sc3ccccc3)c2C1. The van der Waals surface area contributed by atoms with Crippen molar-refractivity contribution >= 4 is 11.8 Å². The first-order valence-electron chi connectivity index (χ1n) is 7.82. The Balaban J connectivity index is 1.83. The molecule has 110 valence electrons. The number of aryl methyl sites for hydroxylation is 1. The molecule has 0 fully saturated rings. The van der Waals surface area contributed by atoms with Crippen LogP contribution in [0, 0.1) is 0 Å². The van der Waals surface area contributed by atoms with Gasteiger partial charge in [-0.15, -0.1) is 0 Å². The van der Waals surface area contributed by atoms with E-state index in [1.54, 1.807) is 5.56 Å². The molecule has 3 rings (SSSR count). The zero-order valence-electron chi connectivity index (χ0n) is 12.8. The molecule has 0 radical (unpaired) electrons. The Morgan fingerprint density at radius 2 is 1.86 bits per heavy atom. The number of benzene rings is 2. The maximum absolute atomic E-state index is 3.70. The lowest BCUT2D eigenvalue weighted by molar-refractivity contribution is 0.419. The second-order valence-electron chi connectivity index (χ2n) is 6.07. The second-order valence-corrected chi connectivity index (χ2v) is 7.19. The molecular formula is C19H23NS. The van der Waals surface area contributed by atoms with E-state index in [2.05, 4.69) is 67.7 Å². The standard InChI is InChI=1S/C19H23NS/c1-14(2)20-16-12-11-15-7-6-10-19(18(15)13-16)21-17-8-4-3-5-9-17/h3-10,14,16,20H,11-13H2,1-2H3. The van der Waals surface area contributed by atoms with Crippen LogP contribution in [0.5, 0.6) is 0 Å². The fourth-order valence-corrected chi connectivity index (χ4v) is 4.11. The largest absolute Gasteiger partial charge is 0.311 e. The summed E-state index contributed by atoms with van der Waals surface area (Å²) in [7, 11) is 0. The van der Waals surface area contributed by atoms with Gasteiger partial charge in [0.05, 0.1) is 0 Å². The summed E-state index contributed by atoms with van der Waals surface area (Å²) in [5.74, 6) is 0. The van der Waals surface area contributed by atoms with Crippen molar-refractivity contribution < 1.29 is 0 Å². The van der Waals surface area contributed by atoms with E-state index in [1.807, 2.05) is 11.8 Å². The molecule has 0 heterocycles. The summed E-state index contributed by atoms with van der Waals surface area (Å²) in [5, 5.41) is 3.70. The van der Waals surface area contributed by atoms with Gasteiger partial charge in [0.2, 0.25) is 0 Å². The van der Waals surface area contributed by atoms with Crippen LogP contribution in [0.1, 0.15) is 31.4 Å². The van der Waals surface area contributed by atoms with Crippen LogP contribution in [0.15, 0.2) is 58.3 Å². The van der Waals surface area contributed by atoms with Gasteiger partial charge in [-0.1, -0.05) is 55.9 Å². The molecule has 0 aromatic heterocycles. The minimum atomic E-state index is 0.561. The van der Waals surface area contributed by atoms with Crippen molar-refractivity contribution in [1.29, 1.82) is 0 Å². The third-order valence-corrected chi connectivity index (χ3v) is 5.09. The van der Waals surface area contributed by atoms with Crippen molar-refractivity contribution in [2.45, 2.75) is 55.0 Å². The highest BCUT2D eigenvalue weighted by Crippen LogP contribution is 2.35. The van der Waals surface area contributed by atoms with E-state index in [9.17, 15) is 0 Å². The second kappa shape index (κ2) is 6.67. The topological polar surface area (TPSA) is 12.0 Å². The molecule has 0 aliphatic heterocycles. The molecule has 0 saturated heterocycles. The van der Waals surface area contributed by atoms with E-state index in [0.717, 1.165) is 6.42 Å². The highest BCUT2D eigenvalue weighted by Gasteiger charge is 2.21. The molecule has 0 bridgehead atoms. The Morgan fingerprint density at radius 3 is 2.62 bits per heavy atom. The number of hydrogen-bond donors (Lipinski definition) is 1. The third-order valence-electron chi connectivity index (χ3n) is 3.98. The van der Waals surface area contributed by atoms with Gasteiger partial charge in [-0.25, -0.2) is 0 Å². The molecule has 21 heavy (non-hydrogen) atoms. The maximum atomic E-state index is 3.70. The molecule has 1 atom stereocenters. The quantitative estimate of drug-likeness (QED) is 0.878. The summed E-state index contributed by atoms with van der Waals surface area (Å²) in [4.78, 5) is 2.75. The highest BCUT2D eigenvalue weighted by molar-refractivity contribution is 7.99. The molecule has 2 aromatic carbocycles. The Hall–Kier alpha value is -1.25. The minimum Gasteiger partial charge on any atom is -0.311 e. The minimum absolute atomic E-state index is 0.561. The summed E-state index contributed by atoms with van der Waals surface area (Å²) in [6.07, 6.45) is 3.61. The van der Waals surface area contributed by atoms with Crippen LogP contribution in [0.25, 0.3) is 0 Å². The molecule has 0 spiro atoms. The van der Waals surface area contributed by atoms with E-state index in [0.29, 0.717) is 12.1 Å². The van der Waals surface area contributed by atoms with Crippen LogP contribution in [0.4, 0.5) is 0 Å². The van der Waals surface area contributed by atoms with Crippen molar-refractivity contribution in [1.82, 2.24) is 5.32 Å². The van der Waals surface area contributed by atoms with Gasteiger partial charge in [-0.05, 0) is 48.6 Å². The van der Waals surface area contributed by atoms with Crippen molar-refractivity contribution in [3.05, 3.63) is 59.7 Å². The fraction of sp³-hybridized carbons (Fsp3) is 0.368. The van der Waals surface area contributed by atoms with E-state index in [1.165, 1.54) is 28.2 Å². The van der Waals surface area contributed by atoms with E-state index >= 15 is 0 Å². The summed E-state index contributed by atoms with van der Waals surface area (Å²) in [5.41, 5.74) is 3.09. The van der Waals surface area contributed by atoms with Gasteiger partial charge in [-0.2, -0.15) is 0 Å². The van der Waals surface area contributed by atoms with Crippen LogP contribution >= 0.6 is 11.8 Å². The first-order chi connectivity index (χ1) is 10.2. The lowest BCUT2D eigenvalue weighted by Crippen LogP contribution is -2.38. The average molecular weight is 297 g/mol. The first-order valence-corrected chi connectivity index (χ1v) is 8.64. The van der Waals surface area contributed by atoms with E-state index < -0.39 is 0 Å². The zero-order valence-corrected chi connectivity index (χ0v) is 13.6. The molecular weight excluding hydrogens is 274 g/mol. The Morgan fingerprint density at radius 1 is 1.05 bits per heavy atom. The normalized spacial score (nSPS) is 17.8. The Labute approximate surface area is 132 Å². The van der Waals surface area contributed by atoms with Gasteiger partial charge in [-0.3, -0.25) is 0 Å². The van der Waals surface area contributed by atoms with E-state index in [-0.39, 0.29) is 0 Å². The number of nitrogens with one attached hydrogen (secondary N) is 1. The predicted molar refractivity (Wildman–Crippen MR) is 91.1 cm³/mol. The van der Waals surface area contributed by atoms with Crippen molar-refractivity contribution in [2.24, 2.45) is 0 Å². The molecule has 1 unspecified atom stereocenters. The maximum Gasteiger partial charge on any atom is 0.0157 e. The molecule has 1 N–H and O–H groups in total. The van der Waals surface area contributed by atoms with E-state index in [4.69, 9.17) is 0 Å². The lowest BCUT2D eigenvalue weighted by Gasteiger charge is -2.28.